The molecule has 0 saturated heterocycles. The van der Waals surface area contributed by atoms with Crippen LogP contribution in [0, 0.1) is 10.1 Å². The summed E-state index contributed by atoms with van der Waals surface area (Å²) in [5.41, 5.74) is 0.182. The maximum absolute atomic E-state index is 12.1. The largest absolute Gasteiger partial charge is 0.496 e. The minimum atomic E-state index is -1.15. The van der Waals surface area contributed by atoms with Gasteiger partial charge < -0.3 is 15.2 Å². The van der Waals surface area contributed by atoms with Gasteiger partial charge in [-0.2, -0.15) is 0 Å². The predicted molar refractivity (Wildman–Crippen MR) is 81.0 cm³/mol. The Balaban J connectivity index is 2.25. The number of benzene rings is 2. The summed E-state index contributed by atoms with van der Waals surface area (Å²) in [6.45, 7) is 0. The number of nitro groups is 1. The summed E-state index contributed by atoms with van der Waals surface area (Å²) in [4.78, 5) is 33.2. The molecule has 0 aliphatic heterocycles. The Bertz CT molecular complexity index is 787. The molecule has 0 bridgehead atoms. The number of hydrogen-bond donors (Lipinski definition) is 2. The van der Waals surface area contributed by atoms with Crippen LogP contribution in [0.2, 0.25) is 0 Å². The zero-order chi connectivity index (χ0) is 17.0. The van der Waals surface area contributed by atoms with Gasteiger partial charge in [-0.25, -0.2) is 4.79 Å². The lowest BCUT2D eigenvalue weighted by Gasteiger charge is -2.09. The average Bonchev–Trinajstić information content (AvgIpc) is 2.54. The second-order valence-electron chi connectivity index (χ2n) is 4.48. The fourth-order valence-electron chi connectivity index (χ4n) is 1.91. The summed E-state index contributed by atoms with van der Waals surface area (Å²) in [6.07, 6.45) is 0. The van der Waals surface area contributed by atoms with Gasteiger partial charge in [-0.1, -0.05) is 6.07 Å². The summed E-state index contributed by atoms with van der Waals surface area (Å²) in [5, 5.41) is 22.3. The zero-order valence-corrected chi connectivity index (χ0v) is 12.0. The molecule has 0 heterocycles. The van der Waals surface area contributed by atoms with Crippen LogP contribution in [0.25, 0.3) is 0 Å². The summed E-state index contributed by atoms with van der Waals surface area (Å²) < 4.78 is 4.96. The zero-order valence-electron chi connectivity index (χ0n) is 12.0. The molecule has 0 fully saturated rings. The molecule has 0 aliphatic carbocycles. The third kappa shape index (κ3) is 3.62. The van der Waals surface area contributed by atoms with E-state index in [2.05, 4.69) is 5.32 Å². The summed E-state index contributed by atoms with van der Waals surface area (Å²) >= 11 is 0. The van der Waals surface area contributed by atoms with Crippen LogP contribution >= 0.6 is 0 Å². The summed E-state index contributed by atoms with van der Waals surface area (Å²) in [6, 6.07) is 9.33. The van der Waals surface area contributed by atoms with Crippen LogP contribution in [0.3, 0.4) is 0 Å². The van der Waals surface area contributed by atoms with Gasteiger partial charge in [-0.05, 0) is 18.2 Å². The molecule has 0 saturated carbocycles. The van der Waals surface area contributed by atoms with Crippen LogP contribution in [-0.4, -0.2) is 29.0 Å². The van der Waals surface area contributed by atoms with Crippen LogP contribution in [0.4, 0.5) is 11.4 Å². The first-order chi connectivity index (χ1) is 10.9. The number of carboxylic acid groups (broad SMARTS) is 1. The van der Waals surface area contributed by atoms with Gasteiger partial charge in [0.1, 0.15) is 11.3 Å². The summed E-state index contributed by atoms with van der Waals surface area (Å²) in [5.74, 6) is -1.62. The number of hydrogen-bond acceptors (Lipinski definition) is 5. The van der Waals surface area contributed by atoms with Crippen LogP contribution in [0.15, 0.2) is 42.5 Å². The van der Waals surface area contributed by atoms with Gasteiger partial charge in [0.2, 0.25) is 0 Å². The molecule has 0 spiro atoms. The molecule has 2 aromatic rings. The number of amides is 1. The fraction of sp³-hybridized carbons (Fsp3) is 0.0667. The van der Waals surface area contributed by atoms with Crippen molar-refractivity contribution in [2.45, 2.75) is 0 Å². The lowest BCUT2D eigenvalue weighted by atomic mass is 10.1. The number of aromatic carboxylic acids is 1. The predicted octanol–water partition coefficient (Wildman–Crippen LogP) is 2.55. The van der Waals surface area contributed by atoms with E-state index >= 15 is 0 Å². The normalized spacial score (nSPS) is 9.96. The van der Waals surface area contributed by atoms with E-state index in [-0.39, 0.29) is 22.6 Å². The van der Waals surface area contributed by atoms with Crippen molar-refractivity contribution in [3.05, 3.63) is 63.7 Å². The highest BCUT2D eigenvalue weighted by atomic mass is 16.6. The standard InChI is InChI=1S/C15H12N2O6/c1-23-13-8-10(5-6-12(13)15(19)20)16-14(18)9-3-2-4-11(7-9)17(21)22/h2-8H,1H3,(H,16,18)(H,19,20). The number of ether oxygens (including phenoxy) is 1. The first kappa shape index (κ1) is 16.0. The number of non-ortho nitro benzene ring substituents is 1. The second kappa shape index (κ2) is 6.56. The third-order valence-corrected chi connectivity index (χ3v) is 3.01. The highest BCUT2D eigenvalue weighted by Crippen LogP contribution is 2.24. The van der Waals surface area contributed by atoms with E-state index < -0.39 is 16.8 Å². The number of nitrogens with one attached hydrogen (secondary N) is 1. The lowest BCUT2D eigenvalue weighted by molar-refractivity contribution is -0.384. The van der Waals surface area contributed by atoms with Crippen LogP contribution < -0.4 is 10.1 Å². The van der Waals surface area contributed by atoms with Gasteiger partial charge >= 0.3 is 5.97 Å². The van der Waals surface area contributed by atoms with E-state index in [1.54, 1.807) is 0 Å². The van der Waals surface area contributed by atoms with E-state index in [0.717, 1.165) is 6.07 Å². The van der Waals surface area contributed by atoms with Crippen molar-refractivity contribution in [1.82, 2.24) is 0 Å². The second-order valence-corrected chi connectivity index (χ2v) is 4.48. The molecule has 0 atom stereocenters. The SMILES string of the molecule is COc1cc(NC(=O)c2cccc([N+](=O)[O-])c2)ccc1C(=O)O. The molecule has 0 aromatic heterocycles. The van der Waals surface area contributed by atoms with Gasteiger partial charge in [-0.3, -0.25) is 14.9 Å². The number of anilines is 1. The molecule has 2 N–H and O–H groups in total. The van der Waals surface area contributed by atoms with E-state index in [9.17, 15) is 19.7 Å². The number of methoxy groups -OCH3 is 1. The van der Waals surface area contributed by atoms with Crippen molar-refractivity contribution in [2.24, 2.45) is 0 Å². The fourth-order valence-corrected chi connectivity index (χ4v) is 1.91. The molecule has 23 heavy (non-hydrogen) atoms. The van der Waals surface area contributed by atoms with E-state index in [1.807, 2.05) is 0 Å². The Kier molecular flexibility index (Phi) is 4.55. The molecular weight excluding hydrogens is 304 g/mol. The number of carbonyl (C=O) groups is 2. The Morgan fingerprint density at radius 3 is 2.57 bits per heavy atom. The molecule has 0 radical (unpaired) electrons. The molecule has 8 nitrogen and oxygen atoms in total. The van der Waals surface area contributed by atoms with Crippen molar-refractivity contribution < 1.29 is 24.4 Å². The molecule has 2 rings (SSSR count). The van der Waals surface area contributed by atoms with Crippen molar-refractivity contribution in [3.63, 3.8) is 0 Å². The molecule has 8 heteroatoms. The highest BCUT2D eigenvalue weighted by molar-refractivity contribution is 6.05. The average molecular weight is 316 g/mol. The first-order valence-electron chi connectivity index (χ1n) is 6.39. The Morgan fingerprint density at radius 2 is 1.96 bits per heavy atom. The van der Waals surface area contributed by atoms with Crippen molar-refractivity contribution in [2.75, 3.05) is 12.4 Å². The maximum atomic E-state index is 12.1. The van der Waals surface area contributed by atoms with Crippen LogP contribution in [-0.2, 0) is 0 Å². The number of rotatable bonds is 5. The number of nitro benzene ring substituents is 1. The van der Waals surface area contributed by atoms with E-state index in [1.165, 1.54) is 43.5 Å². The first-order valence-corrected chi connectivity index (χ1v) is 6.39. The minimum absolute atomic E-state index is 0.0409. The smallest absolute Gasteiger partial charge is 0.339 e. The van der Waals surface area contributed by atoms with Crippen LogP contribution in [0.5, 0.6) is 5.75 Å². The van der Waals surface area contributed by atoms with Gasteiger partial charge in [0.25, 0.3) is 11.6 Å². The number of carboxylic acids is 1. The third-order valence-electron chi connectivity index (χ3n) is 3.01. The topological polar surface area (TPSA) is 119 Å². The van der Waals surface area contributed by atoms with Gasteiger partial charge in [-0.15, -0.1) is 0 Å². The van der Waals surface area contributed by atoms with E-state index in [4.69, 9.17) is 9.84 Å². The molecule has 118 valence electrons. The minimum Gasteiger partial charge on any atom is -0.496 e. The highest BCUT2D eigenvalue weighted by Gasteiger charge is 2.14. The monoisotopic (exact) mass is 316 g/mol. The van der Waals surface area contributed by atoms with Crippen LogP contribution in [0.1, 0.15) is 20.7 Å². The van der Waals surface area contributed by atoms with E-state index in [0.29, 0.717) is 5.69 Å². The Hall–Kier alpha value is -3.42. The Labute approximate surface area is 130 Å². The molecule has 0 aliphatic rings. The number of carbonyl (C=O) groups excluding carboxylic acids is 1. The Morgan fingerprint density at radius 1 is 1.22 bits per heavy atom. The van der Waals surface area contributed by atoms with Crippen molar-refractivity contribution in [3.8, 4) is 5.75 Å². The molecule has 0 unspecified atom stereocenters. The molecular formula is C15H12N2O6. The van der Waals surface area contributed by atoms with Gasteiger partial charge in [0.15, 0.2) is 0 Å². The number of nitrogens with zero attached hydrogens (tertiary/aromatic N) is 1. The molecule has 1 amide bonds. The maximum Gasteiger partial charge on any atom is 0.339 e. The summed E-state index contributed by atoms with van der Waals surface area (Å²) in [7, 11) is 1.31. The lowest BCUT2D eigenvalue weighted by Crippen LogP contribution is -2.12. The van der Waals surface area contributed by atoms with Crippen molar-refractivity contribution >= 4 is 23.3 Å². The van der Waals surface area contributed by atoms with Gasteiger partial charge in [0.05, 0.1) is 12.0 Å². The van der Waals surface area contributed by atoms with Crippen molar-refractivity contribution in [1.29, 1.82) is 0 Å². The quantitative estimate of drug-likeness (QED) is 0.646. The molecule has 2 aromatic carbocycles. The van der Waals surface area contributed by atoms with Gasteiger partial charge in [0, 0.05) is 29.4 Å².